The monoisotopic (exact) mass is 224 g/mol. The third-order valence-corrected chi connectivity index (χ3v) is 2.64. The highest BCUT2D eigenvalue weighted by molar-refractivity contribution is 5.79. The number of rotatable bonds is 4. The summed E-state index contributed by atoms with van der Waals surface area (Å²) in [4.78, 5) is 15.6. The summed E-state index contributed by atoms with van der Waals surface area (Å²) < 4.78 is 6.23. The van der Waals surface area contributed by atoms with Crippen molar-refractivity contribution in [1.29, 1.82) is 0 Å². The minimum atomic E-state index is -1.07. The third-order valence-electron chi connectivity index (χ3n) is 2.64. The lowest BCUT2D eigenvalue weighted by Gasteiger charge is -2.20. The molecule has 6 nitrogen and oxygen atoms in total. The van der Waals surface area contributed by atoms with Crippen LogP contribution in [0.1, 0.15) is 31.5 Å². The second-order valence-corrected chi connectivity index (χ2v) is 4.48. The predicted octanol–water partition coefficient (Wildman–Crippen LogP) is 0.0459. The Labute approximate surface area is 93.8 Å². The first-order chi connectivity index (χ1) is 7.53. The van der Waals surface area contributed by atoms with Crippen molar-refractivity contribution in [2.45, 2.75) is 37.8 Å². The molecule has 1 aliphatic carbocycles. The predicted molar refractivity (Wildman–Crippen MR) is 56.6 cm³/mol. The standard InChI is InChI=1S/C10H16N4O2/c1-10(11,9(15)16-2)5-14-6-12-8(13-14)7-3-4-7/h6-7H,3-5,11H2,1-2H3. The molecule has 1 saturated carbocycles. The van der Waals surface area contributed by atoms with Crippen LogP contribution in [0.3, 0.4) is 0 Å². The molecule has 2 rings (SSSR count). The molecule has 88 valence electrons. The van der Waals surface area contributed by atoms with Gasteiger partial charge in [0.2, 0.25) is 0 Å². The highest BCUT2D eigenvalue weighted by atomic mass is 16.5. The molecule has 1 aromatic heterocycles. The second-order valence-electron chi connectivity index (χ2n) is 4.48. The number of nitrogens with zero attached hydrogens (tertiary/aromatic N) is 3. The number of carbonyl (C=O) groups excluding carboxylic acids is 1. The summed E-state index contributed by atoms with van der Waals surface area (Å²) in [7, 11) is 1.32. The summed E-state index contributed by atoms with van der Waals surface area (Å²) in [6.07, 6.45) is 3.92. The molecule has 1 aliphatic rings. The maximum absolute atomic E-state index is 11.4. The molecule has 6 heteroatoms. The van der Waals surface area contributed by atoms with Gasteiger partial charge >= 0.3 is 5.97 Å². The number of nitrogens with two attached hydrogens (primary N) is 1. The molecule has 0 spiro atoms. The molecule has 0 saturated heterocycles. The van der Waals surface area contributed by atoms with Crippen LogP contribution < -0.4 is 5.73 Å². The second kappa shape index (κ2) is 3.86. The van der Waals surface area contributed by atoms with Crippen LogP contribution in [0.4, 0.5) is 0 Å². The fourth-order valence-electron chi connectivity index (χ4n) is 1.55. The third kappa shape index (κ3) is 2.21. The van der Waals surface area contributed by atoms with Gasteiger partial charge in [-0.2, -0.15) is 5.10 Å². The van der Waals surface area contributed by atoms with Crippen LogP contribution in [0.5, 0.6) is 0 Å². The van der Waals surface area contributed by atoms with Gasteiger partial charge in [0.1, 0.15) is 11.9 Å². The maximum atomic E-state index is 11.4. The average molecular weight is 224 g/mol. The van der Waals surface area contributed by atoms with Gasteiger partial charge in [-0.15, -0.1) is 0 Å². The van der Waals surface area contributed by atoms with Gasteiger partial charge in [-0.1, -0.05) is 0 Å². The number of methoxy groups -OCH3 is 1. The summed E-state index contributed by atoms with van der Waals surface area (Å²) in [6.45, 7) is 1.90. The molecule has 0 aliphatic heterocycles. The van der Waals surface area contributed by atoms with Crippen LogP contribution in [-0.4, -0.2) is 33.4 Å². The van der Waals surface area contributed by atoms with Crippen molar-refractivity contribution in [1.82, 2.24) is 14.8 Å². The van der Waals surface area contributed by atoms with E-state index in [0.717, 1.165) is 18.7 Å². The molecule has 1 heterocycles. The Hall–Kier alpha value is -1.43. The minimum absolute atomic E-state index is 0.277. The van der Waals surface area contributed by atoms with Crippen LogP contribution in [0.25, 0.3) is 0 Å². The molecule has 1 aromatic rings. The molecule has 2 N–H and O–H groups in total. The van der Waals surface area contributed by atoms with Crippen molar-refractivity contribution in [3.8, 4) is 0 Å². The zero-order valence-corrected chi connectivity index (χ0v) is 9.51. The lowest BCUT2D eigenvalue weighted by Crippen LogP contribution is -2.49. The van der Waals surface area contributed by atoms with Gasteiger partial charge in [0.15, 0.2) is 5.82 Å². The van der Waals surface area contributed by atoms with Gasteiger partial charge in [0.25, 0.3) is 0 Å². The van der Waals surface area contributed by atoms with Crippen molar-refractivity contribution < 1.29 is 9.53 Å². The van der Waals surface area contributed by atoms with Crippen molar-refractivity contribution in [3.05, 3.63) is 12.2 Å². The van der Waals surface area contributed by atoms with Crippen LogP contribution >= 0.6 is 0 Å². The maximum Gasteiger partial charge on any atom is 0.327 e. The Morgan fingerprint density at radius 3 is 3.00 bits per heavy atom. The fourth-order valence-corrected chi connectivity index (χ4v) is 1.55. The normalized spacial score (nSPS) is 19.2. The van der Waals surface area contributed by atoms with Crippen LogP contribution in [0.15, 0.2) is 6.33 Å². The highest BCUT2D eigenvalue weighted by Crippen LogP contribution is 2.37. The molecule has 0 radical (unpaired) electrons. The Morgan fingerprint density at radius 2 is 2.44 bits per heavy atom. The summed E-state index contributed by atoms with van der Waals surface area (Å²) in [5, 5.41) is 4.29. The van der Waals surface area contributed by atoms with Crippen molar-refractivity contribution >= 4 is 5.97 Å². The molecule has 16 heavy (non-hydrogen) atoms. The van der Waals surface area contributed by atoms with Gasteiger partial charge in [-0.05, 0) is 19.8 Å². The SMILES string of the molecule is COC(=O)C(C)(N)Cn1cnc(C2CC2)n1. The quantitative estimate of drug-likeness (QED) is 0.730. The molecule has 0 amide bonds. The lowest BCUT2D eigenvalue weighted by molar-refractivity contribution is -0.147. The Morgan fingerprint density at radius 1 is 1.75 bits per heavy atom. The van der Waals surface area contributed by atoms with Gasteiger partial charge in [0.05, 0.1) is 13.7 Å². The van der Waals surface area contributed by atoms with Gasteiger partial charge in [-0.25, -0.2) is 4.98 Å². The van der Waals surface area contributed by atoms with E-state index in [1.807, 2.05) is 0 Å². The summed E-state index contributed by atoms with van der Waals surface area (Å²) >= 11 is 0. The zero-order chi connectivity index (χ0) is 11.8. The molecule has 1 fully saturated rings. The van der Waals surface area contributed by atoms with E-state index in [4.69, 9.17) is 5.73 Å². The largest absolute Gasteiger partial charge is 0.468 e. The fraction of sp³-hybridized carbons (Fsp3) is 0.700. The van der Waals surface area contributed by atoms with E-state index in [1.54, 1.807) is 17.9 Å². The van der Waals surface area contributed by atoms with Gasteiger partial charge in [0, 0.05) is 5.92 Å². The highest BCUT2D eigenvalue weighted by Gasteiger charge is 2.32. The van der Waals surface area contributed by atoms with Crippen LogP contribution in [0, 0.1) is 0 Å². The van der Waals surface area contributed by atoms with E-state index in [2.05, 4.69) is 14.8 Å². The Balaban J connectivity index is 2.04. The van der Waals surface area contributed by atoms with E-state index in [0.29, 0.717) is 5.92 Å². The van der Waals surface area contributed by atoms with E-state index < -0.39 is 11.5 Å². The number of ether oxygens (including phenoxy) is 1. The van der Waals surface area contributed by atoms with Gasteiger partial charge in [-0.3, -0.25) is 9.48 Å². The number of esters is 1. The summed E-state index contributed by atoms with van der Waals surface area (Å²) in [6, 6.07) is 0. The number of hydrogen-bond donors (Lipinski definition) is 1. The van der Waals surface area contributed by atoms with Crippen molar-refractivity contribution in [3.63, 3.8) is 0 Å². The van der Waals surface area contributed by atoms with Crippen LogP contribution in [-0.2, 0) is 16.1 Å². The zero-order valence-electron chi connectivity index (χ0n) is 9.51. The molecule has 1 atom stereocenters. The molecule has 0 bridgehead atoms. The summed E-state index contributed by atoms with van der Waals surface area (Å²) in [5.41, 5.74) is 4.77. The van der Waals surface area contributed by atoms with E-state index in [-0.39, 0.29) is 6.54 Å². The summed E-state index contributed by atoms with van der Waals surface area (Å²) in [5.74, 6) is 0.903. The topological polar surface area (TPSA) is 83.0 Å². The van der Waals surface area contributed by atoms with Crippen LogP contribution in [0.2, 0.25) is 0 Å². The van der Waals surface area contributed by atoms with Gasteiger partial charge < -0.3 is 10.5 Å². The molecular weight excluding hydrogens is 208 g/mol. The van der Waals surface area contributed by atoms with Crippen molar-refractivity contribution in [2.24, 2.45) is 5.73 Å². The van der Waals surface area contributed by atoms with E-state index in [1.165, 1.54) is 7.11 Å². The molecule has 1 unspecified atom stereocenters. The molecule has 0 aromatic carbocycles. The number of hydrogen-bond acceptors (Lipinski definition) is 5. The molecular formula is C10H16N4O2. The Kier molecular flexibility index (Phi) is 2.67. The first-order valence-electron chi connectivity index (χ1n) is 5.29. The van der Waals surface area contributed by atoms with Crippen molar-refractivity contribution in [2.75, 3.05) is 7.11 Å². The van der Waals surface area contributed by atoms with E-state index in [9.17, 15) is 4.79 Å². The van der Waals surface area contributed by atoms with E-state index >= 15 is 0 Å². The number of aromatic nitrogens is 3. The Bertz CT molecular complexity index is 395. The smallest absolute Gasteiger partial charge is 0.327 e. The lowest BCUT2D eigenvalue weighted by atomic mass is 10.1. The minimum Gasteiger partial charge on any atom is -0.468 e. The average Bonchev–Trinajstić information content (AvgIpc) is 2.99. The first-order valence-corrected chi connectivity index (χ1v) is 5.29. The number of carbonyl (C=O) groups is 1. The first kappa shape index (κ1) is 11.1.